The van der Waals surface area contributed by atoms with Crippen molar-refractivity contribution in [3.63, 3.8) is 0 Å². The summed E-state index contributed by atoms with van der Waals surface area (Å²) in [6.45, 7) is 0.995. The highest BCUT2D eigenvalue weighted by Crippen LogP contribution is 2.07. The minimum absolute atomic E-state index is 0.0586. The van der Waals surface area contributed by atoms with Gasteiger partial charge >= 0.3 is 0 Å². The van der Waals surface area contributed by atoms with Gasteiger partial charge in [-0.2, -0.15) is 0 Å². The Morgan fingerprint density at radius 3 is 2.09 bits per heavy atom. The number of hydrogen-bond acceptors (Lipinski definition) is 2. The molecular formula is C17H18F2N2O. The third-order valence-electron chi connectivity index (χ3n) is 3.17. The summed E-state index contributed by atoms with van der Waals surface area (Å²) in [5.74, 6) is -0.611. The second-order valence-electron chi connectivity index (χ2n) is 4.91. The maximum absolute atomic E-state index is 12.7. The lowest BCUT2D eigenvalue weighted by Gasteiger charge is -2.07. The average molecular weight is 304 g/mol. The Hall–Kier alpha value is -2.43. The highest BCUT2D eigenvalue weighted by molar-refractivity contribution is 5.76. The minimum atomic E-state index is -0.288. The van der Waals surface area contributed by atoms with E-state index in [-0.39, 0.29) is 17.5 Å². The predicted molar refractivity (Wildman–Crippen MR) is 82.6 cm³/mol. The lowest BCUT2D eigenvalue weighted by molar-refractivity contribution is -0.120. The molecule has 0 aromatic heterocycles. The van der Waals surface area contributed by atoms with E-state index >= 15 is 0 Å². The number of halogens is 2. The number of rotatable bonds is 7. The molecule has 22 heavy (non-hydrogen) atoms. The summed E-state index contributed by atoms with van der Waals surface area (Å²) in [7, 11) is 0. The molecule has 116 valence electrons. The van der Waals surface area contributed by atoms with Crippen LogP contribution in [0, 0.1) is 11.6 Å². The summed E-state index contributed by atoms with van der Waals surface area (Å²) in [4.78, 5) is 11.7. The summed E-state index contributed by atoms with van der Waals surface area (Å²) in [5, 5.41) is 5.86. The molecule has 0 aliphatic heterocycles. The lowest BCUT2D eigenvalue weighted by atomic mass is 10.1. The van der Waals surface area contributed by atoms with Gasteiger partial charge in [0.1, 0.15) is 11.6 Å². The zero-order chi connectivity index (χ0) is 15.8. The first kappa shape index (κ1) is 15.9. The Morgan fingerprint density at radius 1 is 0.864 bits per heavy atom. The first-order valence-electron chi connectivity index (χ1n) is 7.14. The average Bonchev–Trinajstić information content (AvgIpc) is 2.51. The number of amides is 1. The predicted octanol–water partition coefficient (Wildman–Crippen LogP) is 3.13. The van der Waals surface area contributed by atoms with Gasteiger partial charge in [0.05, 0.1) is 0 Å². The molecule has 2 N–H and O–H groups in total. The van der Waals surface area contributed by atoms with Crippen LogP contribution >= 0.6 is 0 Å². The summed E-state index contributed by atoms with van der Waals surface area (Å²) in [6, 6.07) is 12.2. The van der Waals surface area contributed by atoms with Gasteiger partial charge < -0.3 is 10.6 Å². The van der Waals surface area contributed by atoms with Gasteiger partial charge in [-0.1, -0.05) is 12.1 Å². The van der Waals surface area contributed by atoms with E-state index in [1.165, 1.54) is 24.3 Å². The fraction of sp³-hybridized carbons (Fsp3) is 0.235. The molecule has 0 bridgehead atoms. The van der Waals surface area contributed by atoms with E-state index in [2.05, 4.69) is 10.6 Å². The van der Waals surface area contributed by atoms with Crippen molar-refractivity contribution < 1.29 is 13.6 Å². The maximum Gasteiger partial charge on any atom is 0.221 e. The molecule has 2 aromatic rings. The molecule has 2 aromatic carbocycles. The number of carbonyl (C=O) groups is 1. The molecule has 0 saturated carbocycles. The second-order valence-corrected chi connectivity index (χ2v) is 4.91. The van der Waals surface area contributed by atoms with E-state index in [4.69, 9.17) is 0 Å². The number of carbonyl (C=O) groups excluding carboxylic acids is 1. The number of benzene rings is 2. The van der Waals surface area contributed by atoms with E-state index in [0.717, 1.165) is 11.3 Å². The van der Waals surface area contributed by atoms with Gasteiger partial charge in [0.2, 0.25) is 5.91 Å². The van der Waals surface area contributed by atoms with Gasteiger partial charge in [0.15, 0.2) is 0 Å². The molecule has 0 aliphatic carbocycles. The molecule has 0 fully saturated rings. The van der Waals surface area contributed by atoms with E-state index in [1.807, 2.05) is 0 Å². The normalized spacial score (nSPS) is 10.3. The zero-order valence-corrected chi connectivity index (χ0v) is 12.1. The second kappa shape index (κ2) is 8.12. The van der Waals surface area contributed by atoms with Gasteiger partial charge in [-0.3, -0.25) is 4.79 Å². The van der Waals surface area contributed by atoms with E-state index in [0.29, 0.717) is 25.9 Å². The van der Waals surface area contributed by atoms with Gasteiger partial charge in [-0.05, 0) is 48.4 Å². The molecule has 5 heteroatoms. The van der Waals surface area contributed by atoms with Crippen molar-refractivity contribution in [2.75, 3.05) is 18.4 Å². The van der Waals surface area contributed by atoms with Gasteiger partial charge in [-0.25, -0.2) is 8.78 Å². The smallest absolute Gasteiger partial charge is 0.221 e. The maximum atomic E-state index is 12.7. The first-order valence-corrected chi connectivity index (χ1v) is 7.14. The Labute approximate surface area is 128 Å². The first-order chi connectivity index (χ1) is 10.6. The molecule has 0 radical (unpaired) electrons. The van der Waals surface area contributed by atoms with Crippen molar-refractivity contribution in [2.45, 2.75) is 12.8 Å². The molecular weight excluding hydrogens is 286 g/mol. The molecule has 0 spiro atoms. The molecule has 2 rings (SSSR count). The van der Waals surface area contributed by atoms with Crippen LogP contribution in [0.15, 0.2) is 48.5 Å². The van der Waals surface area contributed by atoms with Gasteiger partial charge in [-0.15, -0.1) is 0 Å². The third kappa shape index (κ3) is 5.52. The van der Waals surface area contributed by atoms with Crippen LogP contribution in [-0.2, 0) is 11.2 Å². The van der Waals surface area contributed by atoms with Crippen molar-refractivity contribution in [1.29, 1.82) is 0 Å². The van der Waals surface area contributed by atoms with Crippen molar-refractivity contribution in [3.8, 4) is 0 Å². The van der Waals surface area contributed by atoms with Gasteiger partial charge in [0, 0.05) is 25.2 Å². The highest BCUT2D eigenvalue weighted by atomic mass is 19.1. The molecule has 1 amide bonds. The Kier molecular flexibility index (Phi) is 5.89. The topological polar surface area (TPSA) is 41.1 Å². The highest BCUT2D eigenvalue weighted by Gasteiger charge is 2.01. The lowest BCUT2D eigenvalue weighted by Crippen LogP contribution is -2.27. The minimum Gasteiger partial charge on any atom is -0.385 e. The van der Waals surface area contributed by atoms with Crippen LogP contribution in [0.2, 0.25) is 0 Å². The SMILES string of the molecule is O=C(CCNc1ccc(F)cc1)NCCc1ccc(F)cc1. The van der Waals surface area contributed by atoms with Crippen LogP contribution in [-0.4, -0.2) is 19.0 Å². The summed E-state index contributed by atoms with van der Waals surface area (Å²) in [5.41, 5.74) is 1.76. The Bertz CT molecular complexity index is 544. The largest absolute Gasteiger partial charge is 0.385 e. The molecule has 0 unspecified atom stereocenters. The van der Waals surface area contributed by atoms with Crippen LogP contribution in [0.4, 0.5) is 14.5 Å². The molecule has 0 atom stereocenters. The van der Waals surface area contributed by atoms with Crippen molar-refractivity contribution in [3.05, 3.63) is 65.7 Å². The fourth-order valence-electron chi connectivity index (χ4n) is 1.97. The number of hydrogen-bond donors (Lipinski definition) is 2. The van der Waals surface area contributed by atoms with E-state index in [9.17, 15) is 13.6 Å². The molecule has 3 nitrogen and oxygen atoms in total. The standard InChI is InChI=1S/C17H18F2N2O/c18-14-3-1-13(2-4-14)9-11-21-17(22)10-12-20-16-7-5-15(19)6-8-16/h1-8,20H,9-12H2,(H,21,22). The third-order valence-corrected chi connectivity index (χ3v) is 3.17. The fourth-order valence-corrected chi connectivity index (χ4v) is 1.97. The zero-order valence-electron chi connectivity index (χ0n) is 12.1. The molecule has 0 saturated heterocycles. The van der Waals surface area contributed by atoms with Crippen molar-refractivity contribution in [2.24, 2.45) is 0 Å². The van der Waals surface area contributed by atoms with Crippen LogP contribution in [0.3, 0.4) is 0 Å². The number of anilines is 1. The molecule has 0 heterocycles. The summed E-state index contributed by atoms with van der Waals surface area (Å²) < 4.78 is 25.5. The van der Waals surface area contributed by atoms with Crippen LogP contribution in [0.5, 0.6) is 0 Å². The quantitative estimate of drug-likeness (QED) is 0.825. The summed E-state index contributed by atoms with van der Waals surface area (Å²) >= 11 is 0. The van der Waals surface area contributed by atoms with E-state index in [1.54, 1.807) is 24.3 Å². The van der Waals surface area contributed by atoms with Crippen molar-refractivity contribution in [1.82, 2.24) is 5.32 Å². The van der Waals surface area contributed by atoms with Crippen molar-refractivity contribution >= 4 is 11.6 Å². The van der Waals surface area contributed by atoms with Crippen LogP contribution in [0.1, 0.15) is 12.0 Å². The Morgan fingerprint density at radius 2 is 1.45 bits per heavy atom. The summed E-state index contributed by atoms with van der Waals surface area (Å²) in [6.07, 6.45) is 0.998. The number of nitrogens with one attached hydrogen (secondary N) is 2. The van der Waals surface area contributed by atoms with Crippen LogP contribution < -0.4 is 10.6 Å². The Balaban J connectivity index is 1.61. The molecule has 0 aliphatic rings. The van der Waals surface area contributed by atoms with Crippen LogP contribution in [0.25, 0.3) is 0 Å². The van der Waals surface area contributed by atoms with E-state index < -0.39 is 0 Å². The monoisotopic (exact) mass is 304 g/mol. The van der Waals surface area contributed by atoms with Gasteiger partial charge in [0.25, 0.3) is 0 Å².